The first kappa shape index (κ1) is 17.4. The maximum Gasteiger partial charge on any atom is 0.148 e. The Kier molecular flexibility index (Phi) is 8.55. The zero-order chi connectivity index (χ0) is 14.8. The summed E-state index contributed by atoms with van der Waals surface area (Å²) in [5, 5.41) is 0.324. The summed E-state index contributed by atoms with van der Waals surface area (Å²) < 4.78 is 18.7. The Morgan fingerprint density at radius 1 is 1.47 bits per heavy atom. The van der Waals surface area contributed by atoms with Crippen LogP contribution < -0.4 is 0 Å². The van der Waals surface area contributed by atoms with Gasteiger partial charge in [-0.15, -0.1) is 0 Å². The number of rotatable bonds is 5. The van der Waals surface area contributed by atoms with Gasteiger partial charge in [-0.3, -0.25) is 4.98 Å². The topological polar surface area (TPSA) is 22.1 Å². The predicted molar refractivity (Wildman–Crippen MR) is 78.2 cm³/mol. The van der Waals surface area contributed by atoms with Crippen molar-refractivity contribution in [1.29, 1.82) is 0 Å². The lowest BCUT2D eigenvalue weighted by atomic mass is 10.2. The van der Waals surface area contributed by atoms with Crippen LogP contribution in [0.5, 0.6) is 0 Å². The van der Waals surface area contributed by atoms with Gasteiger partial charge in [0.25, 0.3) is 0 Å². The van der Waals surface area contributed by atoms with E-state index < -0.39 is 5.82 Å². The number of hydrogen-bond donors (Lipinski definition) is 0. The highest BCUT2D eigenvalue weighted by atomic mass is 35.5. The Morgan fingerprint density at radius 3 is 2.58 bits per heavy atom. The van der Waals surface area contributed by atoms with E-state index in [1.807, 2.05) is 13.8 Å². The number of allylic oxidation sites excluding steroid dienone is 3. The fourth-order valence-electron chi connectivity index (χ4n) is 1.10. The largest absolute Gasteiger partial charge is 0.487 e. The van der Waals surface area contributed by atoms with Crippen LogP contribution in [0.25, 0.3) is 0 Å². The van der Waals surface area contributed by atoms with Gasteiger partial charge in [-0.1, -0.05) is 38.6 Å². The van der Waals surface area contributed by atoms with E-state index in [0.717, 1.165) is 0 Å². The molecular weight excluding hydrogens is 265 g/mol. The first-order chi connectivity index (χ1) is 9.00. The van der Waals surface area contributed by atoms with Crippen LogP contribution in [-0.2, 0) is 11.3 Å². The fourth-order valence-corrected chi connectivity index (χ4v) is 1.20. The highest BCUT2D eigenvalue weighted by Crippen LogP contribution is 2.16. The molecule has 0 atom stereocenters. The maximum atomic E-state index is 13.3. The second-order valence-electron chi connectivity index (χ2n) is 3.46. The van der Waals surface area contributed by atoms with E-state index in [1.54, 1.807) is 6.92 Å². The van der Waals surface area contributed by atoms with Crippen LogP contribution in [0.15, 0.2) is 53.9 Å². The molecule has 0 saturated carbocycles. The lowest BCUT2D eigenvalue weighted by Gasteiger charge is -2.10. The van der Waals surface area contributed by atoms with E-state index in [-0.39, 0.29) is 12.3 Å². The number of pyridine rings is 1. The lowest BCUT2D eigenvalue weighted by Crippen LogP contribution is -2.00. The van der Waals surface area contributed by atoms with Crippen molar-refractivity contribution in [1.82, 2.24) is 4.98 Å². The summed E-state index contributed by atoms with van der Waals surface area (Å²) in [5.74, 6) is 0.0633. The van der Waals surface area contributed by atoms with E-state index in [4.69, 9.17) is 16.3 Å². The van der Waals surface area contributed by atoms with Gasteiger partial charge >= 0.3 is 0 Å². The third kappa shape index (κ3) is 6.77. The summed E-state index contributed by atoms with van der Waals surface area (Å²) in [6, 6.07) is 2.85. The van der Waals surface area contributed by atoms with Crippen molar-refractivity contribution >= 4 is 11.6 Å². The smallest absolute Gasteiger partial charge is 0.148 e. The van der Waals surface area contributed by atoms with Gasteiger partial charge in [0, 0.05) is 11.2 Å². The lowest BCUT2D eigenvalue weighted by molar-refractivity contribution is 0.199. The van der Waals surface area contributed by atoms with E-state index >= 15 is 0 Å². The normalized spacial score (nSPS) is 10.3. The minimum Gasteiger partial charge on any atom is -0.487 e. The molecule has 4 heteroatoms. The Morgan fingerprint density at radius 2 is 2.11 bits per heavy atom. The first-order valence-corrected chi connectivity index (χ1v) is 6.32. The van der Waals surface area contributed by atoms with E-state index in [2.05, 4.69) is 18.1 Å². The van der Waals surface area contributed by atoms with Crippen molar-refractivity contribution < 1.29 is 9.13 Å². The van der Waals surface area contributed by atoms with E-state index in [9.17, 15) is 4.39 Å². The van der Waals surface area contributed by atoms with Crippen LogP contribution in [0.3, 0.4) is 0 Å². The molecule has 0 unspecified atom stereocenters. The van der Waals surface area contributed by atoms with Crippen molar-refractivity contribution in [2.45, 2.75) is 27.4 Å². The predicted octanol–water partition coefficient (Wildman–Crippen LogP) is 4.98. The van der Waals surface area contributed by atoms with Crippen LogP contribution in [0.2, 0.25) is 0 Å². The molecule has 0 spiro atoms. The molecule has 0 fully saturated rings. The molecule has 104 valence electrons. The molecule has 19 heavy (non-hydrogen) atoms. The zero-order valence-corrected chi connectivity index (χ0v) is 12.3. The van der Waals surface area contributed by atoms with Crippen molar-refractivity contribution in [3.05, 3.63) is 65.4 Å². The van der Waals surface area contributed by atoms with Crippen molar-refractivity contribution in [2.24, 2.45) is 0 Å². The number of ether oxygens (including phenoxy) is 1. The van der Waals surface area contributed by atoms with E-state index in [1.165, 1.54) is 24.4 Å². The van der Waals surface area contributed by atoms with Crippen LogP contribution in [0.1, 0.15) is 26.5 Å². The molecule has 1 aromatic rings. The van der Waals surface area contributed by atoms with Gasteiger partial charge in [0.2, 0.25) is 0 Å². The standard InChI is InChI=1S/C13H13ClFNO.C2H6/c1-9(2)13(7-10(3)14)17-8-12-11(15)5-4-6-16-12;1-2/h4-7H,1,3,8H2,2H3;1-2H3/b13-7+;. The molecular formula is C15H19ClFNO. The van der Waals surface area contributed by atoms with Gasteiger partial charge in [0.1, 0.15) is 23.9 Å². The molecule has 0 aliphatic heterocycles. The number of halogens is 2. The minimum atomic E-state index is -0.404. The highest BCUT2D eigenvalue weighted by Gasteiger charge is 2.05. The van der Waals surface area contributed by atoms with Gasteiger partial charge in [-0.05, 0) is 30.7 Å². The quantitative estimate of drug-likeness (QED) is 0.562. The van der Waals surface area contributed by atoms with Crippen LogP contribution in [0.4, 0.5) is 4.39 Å². The van der Waals surface area contributed by atoms with Crippen molar-refractivity contribution in [3.63, 3.8) is 0 Å². The second kappa shape index (κ2) is 9.34. The summed E-state index contributed by atoms with van der Waals surface area (Å²) in [6.07, 6.45) is 3.04. The monoisotopic (exact) mass is 283 g/mol. The molecule has 1 heterocycles. The van der Waals surface area contributed by atoms with Gasteiger partial charge < -0.3 is 4.74 Å². The molecule has 0 aliphatic carbocycles. The number of hydrogen-bond acceptors (Lipinski definition) is 2. The van der Waals surface area contributed by atoms with Gasteiger partial charge in [0.15, 0.2) is 0 Å². The summed E-state index contributed by atoms with van der Waals surface area (Å²) >= 11 is 5.65. The van der Waals surface area contributed by atoms with Crippen LogP contribution >= 0.6 is 11.6 Å². The molecule has 0 radical (unpaired) electrons. The summed E-state index contributed by atoms with van der Waals surface area (Å²) in [5.41, 5.74) is 0.919. The number of aromatic nitrogens is 1. The Balaban J connectivity index is 0.00000154. The molecule has 2 nitrogen and oxygen atoms in total. The van der Waals surface area contributed by atoms with Crippen LogP contribution in [-0.4, -0.2) is 4.98 Å². The van der Waals surface area contributed by atoms with Gasteiger partial charge in [0.05, 0.1) is 0 Å². The average Bonchev–Trinajstić information content (AvgIpc) is 2.38. The van der Waals surface area contributed by atoms with Crippen molar-refractivity contribution in [2.75, 3.05) is 0 Å². The van der Waals surface area contributed by atoms with Crippen molar-refractivity contribution in [3.8, 4) is 0 Å². The molecule has 0 bridgehead atoms. The molecule has 0 aliphatic rings. The fraction of sp³-hybridized carbons (Fsp3) is 0.267. The SMILES string of the molecule is C=C(Cl)/C=C(/OCc1ncccc1F)C(=C)C.CC. The molecule has 1 rings (SSSR count). The summed E-state index contributed by atoms with van der Waals surface area (Å²) in [7, 11) is 0. The second-order valence-corrected chi connectivity index (χ2v) is 3.94. The molecule has 0 aromatic carbocycles. The maximum absolute atomic E-state index is 13.3. The Labute approximate surface area is 119 Å². The van der Waals surface area contributed by atoms with Gasteiger partial charge in [-0.25, -0.2) is 4.39 Å². The zero-order valence-electron chi connectivity index (χ0n) is 11.5. The Bertz CT molecular complexity index is 469. The van der Waals surface area contributed by atoms with Gasteiger partial charge in [-0.2, -0.15) is 0 Å². The summed E-state index contributed by atoms with van der Waals surface area (Å²) in [6.45, 7) is 13.1. The molecule has 0 N–H and O–H groups in total. The third-order valence-electron chi connectivity index (χ3n) is 1.91. The summed E-state index contributed by atoms with van der Waals surface area (Å²) in [4.78, 5) is 3.88. The highest BCUT2D eigenvalue weighted by molar-refractivity contribution is 6.30. The average molecular weight is 284 g/mol. The number of nitrogens with zero attached hydrogens (tertiary/aromatic N) is 1. The molecule has 0 amide bonds. The first-order valence-electron chi connectivity index (χ1n) is 5.95. The Hall–Kier alpha value is -1.61. The van der Waals surface area contributed by atoms with Crippen LogP contribution in [0, 0.1) is 5.82 Å². The minimum absolute atomic E-state index is 0.0233. The molecule has 0 saturated heterocycles. The third-order valence-corrected chi connectivity index (χ3v) is 2.02. The van der Waals surface area contributed by atoms with E-state index in [0.29, 0.717) is 16.4 Å². The molecule has 1 aromatic heterocycles.